The Morgan fingerprint density at radius 2 is 2.05 bits per heavy atom. The van der Waals surface area contributed by atoms with Gasteiger partial charge in [-0.3, -0.25) is 4.79 Å². The van der Waals surface area contributed by atoms with Gasteiger partial charge in [0.2, 0.25) is 5.91 Å². The molecule has 0 fully saturated rings. The molecule has 0 aliphatic rings. The van der Waals surface area contributed by atoms with Crippen molar-refractivity contribution in [2.75, 3.05) is 44.4 Å². The van der Waals surface area contributed by atoms with E-state index in [0.29, 0.717) is 30.7 Å². The fraction of sp³-hybridized carbons (Fsp3) is 0.643. The third kappa shape index (κ3) is 5.55. The zero-order valence-electron chi connectivity index (χ0n) is 13.3. The molecular weight excluding hydrogens is 270 g/mol. The van der Waals surface area contributed by atoms with E-state index < -0.39 is 0 Å². The van der Waals surface area contributed by atoms with Crippen LogP contribution in [0.1, 0.15) is 26.1 Å². The Bertz CT molecular complexity index is 465. The maximum Gasteiger partial charge on any atom is 0.241 e. The number of aromatic nitrogens is 2. The molecule has 0 aliphatic heterocycles. The molecule has 0 saturated heterocycles. The van der Waals surface area contributed by atoms with Crippen LogP contribution < -0.4 is 10.6 Å². The molecule has 0 aliphatic carbocycles. The van der Waals surface area contributed by atoms with Crippen LogP contribution in [-0.2, 0) is 16.1 Å². The lowest BCUT2D eigenvalue weighted by Crippen LogP contribution is -2.37. The Morgan fingerprint density at radius 3 is 2.62 bits per heavy atom. The van der Waals surface area contributed by atoms with Crippen LogP contribution in [0.3, 0.4) is 0 Å². The zero-order valence-corrected chi connectivity index (χ0v) is 13.3. The summed E-state index contributed by atoms with van der Waals surface area (Å²) in [6, 6.07) is 1.69. The monoisotopic (exact) mass is 295 g/mol. The number of carbonyl (C=O) groups excluding carboxylic acids is 1. The predicted octanol–water partition coefficient (Wildman–Crippen LogP) is 0.900. The second-order valence-corrected chi connectivity index (χ2v) is 4.91. The number of hydrogen-bond donors (Lipinski definition) is 1. The van der Waals surface area contributed by atoms with Gasteiger partial charge in [0.15, 0.2) is 5.82 Å². The van der Waals surface area contributed by atoms with Crippen molar-refractivity contribution in [2.45, 2.75) is 26.9 Å². The molecule has 118 valence electrons. The molecule has 7 nitrogen and oxygen atoms in total. The Kier molecular flexibility index (Phi) is 6.87. The standard InChI is InChI=1S/C14H25N5O2/c1-5-7-19(9-14(20)18(3)4)13-8-11(15)16-12(17-13)10-21-6-2/h8H,5-7,9-10H2,1-4H3,(H2,15,16,17). The maximum absolute atomic E-state index is 11.9. The Balaban J connectivity index is 2.95. The number of ether oxygens (including phenoxy) is 1. The zero-order chi connectivity index (χ0) is 15.8. The van der Waals surface area contributed by atoms with Gasteiger partial charge in [-0.1, -0.05) is 6.92 Å². The summed E-state index contributed by atoms with van der Waals surface area (Å²) in [5.41, 5.74) is 5.83. The van der Waals surface area contributed by atoms with Crippen molar-refractivity contribution in [3.63, 3.8) is 0 Å². The van der Waals surface area contributed by atoms with Crippen molar-refractivity contribution in [3.8, 4) is 0 Å². The third-order valence-electron chi connectivity index (χ3n) is 2.86. The summed E-state index contributed by atoms with van der Waals surface area (Å²) in [6.07, 6.45) is 0.908. The first kappa shape index (κ1) is 17.2. The number of amides is 1. The summed E-state index contributed by atoms with van der Waals surface area (Å²) < 4.78 is 5.31. The molecule has 1 aromatic rings. The van der Waals surface area contributed by atoms with E-state index in [1.54, 1.807) is 25.1 Å². The minimum atomic E-state index is 0.0204. The molecule has 0 saturated carbocycles. The van der Waals surface area contributed by atoms with Gasteiger partial charge in [-0.25, -0.2) is 9.97 Å². The van der Waals surface area contributed by atoms with Crippen LogP contribution in [0.2, 0.25) is 0 Å². The van der Waals surface area contributed by atoms with Crippen molar-refractivity contribution in [2.24, 2.45) is 0 Å². The van der Waals surface area contributed by atoms with E-state index >= 15 is 0 Å². The van der Waals surface area contributed by atoms with E-state index in [1.807, 2.05) is 11.8 Å². The number of likely N-dealkylation sites (N-methyl/N-ethyl adjacent to an activating group) is 1. The lowest BCUT2D eigenvalue weighted by Gasteiger charge is -2.24. The van der Waals surface area contributed by atoms with E-state index in [2.05, 4.69) is 16.9 Å². The van der Waals surface area contributed by atoms with Crippen molar-refractivity contribution in [3.05, 3.63) is 11.9 Å². The van der Waals surface area contributed by atoms with Gasteiger partial charge in [0, 0.05) is 33.3 Å². The lowest BCUT2D eigenvalue weighted by atomic mass is 10.3. The summed E-state index contributed by atoms with van der Waals surface area (Å²) in [6.45, 7) is 5.86. The molecule has 21 heavy (non-hydrogen) atoms. The van der Waals surface area contributed by atoms with Gasteiger partial charge in [-0.2, -0.15) is 0 Å². The quantitative estimate of drug-likeness (QED) is 0.767. The van der Waals surface area contributed by atoms with Crippen molar-refractivity contribution in [1.82, 2.24) is 14.9 Å². The second-order valence-electron chi connectivity index (χ2n) is 4.91. The molecule has 1 rings (SSSR count). The molecule has 0 spiro atoms. The number of carbonyl (C=O) groups is 1. The first-order chi connectivity index (χ1) is 9.97. The Labute approximate surface area is 126 Å². The molecule has 0 aromatic carbocycles. The number of hydrogen-bond acceptors (Lipinski definition) is 6. The number of nitrogen functional groups attached to an aromatic ring is 1. The van der Waals surface area contributed by atoms with Crippen molar-refractivity contribution in [1.29, 1.82) is 0 Å². The molecule has 2 N–H and O–H groups in total. The van der Waals surface area contributed by atoms with Crippen LogP contribution in [-0.4, -0.2) is 54.6 Å². The van der Waals surface area contributed by atoms with Crippen molar-refractivity contribution < 1.29 is 9.53 Å². The van der Waals surface area contributed by atoms with Crippen LogP contribution in [0.5, 0.6) is 0 Å². The highest BCUT2D eigenvalue weighted by atomic mass is 16.5. The second kappa shape index (κ2) is 8.41. The molecule has 0 atom stereocenters. The maximum atomic E-state index is 11.9. The first-order valence-electron chi connectivity index (χ1n) is 7.14. The summed E-state index contributed by atoms with van der Waals surface area (Å²) in [5, 5.41) is 0. The molecular formula is C14H25N5O2. The average molecular weight is 295 g/mol. The van der Waals surface area contributed by atoms with E-state index in [-0.39, 0.29) is 12.5 Å². The van der Waals surface area contributed by atoms with Gasteiger partial charge in [-0.15, -0.1) is 0 Å². The van der Waals surface area contributed by atoms with E-state index in [0.717, 1.165) is 13.0 Å². The fourth-order valence-corrected chi connectivity index (χ4v) is 1.77. The summed E-state index contributed by atoms with van der Waals surface area (Å²) in [4.78, 5) is 24.0. The molecule has 1 amide bonds. The molecule has 0 radical (unpaired) electrons. The molecule has 7 heteroatoms. The van der Waals surface area contributed by atoms with Crippen LogP contribution in [0.4, 0.5) is 11.6 Å². The van der Waals surface area contributed by atoms with Gasteiger partial charge in [-0.05, 0) is 13.3 Å². The average Bonchev–Trinajstić information content (AvgIpc) is 2.43. The van der Waals surface area contributed by atoms with Crippen molar-refractivity contribution >= 4 is 17.5 Å². The highest BCUT2D eigenvalue weighted by Crippen LogP contribution is 2.15. The van der Waals surface area contributed by atoms with E-state index in [9.17, 15) is 4.79 Å². The summed E-state index contributed by atoms with van der Waals surface area (Å²) in [5.74, 6) is 1.60. The minimum absolute atomic E-state index is 0.0204. The molecule has 1 heterocycles. The lowest BCUT2D eigenvalue weighted by molar-refractivity contribution is -0.127. The van der Waals surface area contributed by atoms with Gasteiger partial charge < -0.3 is 20.3 Å². The van der Waals surface area contributed by atoms with Gasteiger partial charge in [0.1, 0.15) is 18.2 Å². The van der Waals surface area contributed by atoms with Crippen LogP contribution >= 0.6 is 0 Å². The fourth-order valence-electron chi connectivity index (χ4n) is 1.77. The van der Waals surface area contributed by atoms with Gasteiger partial charge >= 0.3 is 0 Å². The Hall–Kier alpha value is -1.89. The van der Waals surface area contributed by atoms with Crippen LogP contribution in [0.15, 0.2) is 6.07 Å². The molecule has 1 aromatic heterocycles. The third-order valence-corrected chi connectivity index (χ3v) is 2.86. The summed E-state index contributed by atoms with van der Waals surface area (Å²) >= 11 is 0. The summed E-state index contributed by atoms with van der Waals surface area (Å²) in [7, 11) is 3.47. The molecule has 0 unspecified atom stereocenters. The minimum Gasteiger partial charge on any atom is -0.384 e. The van der Waals surface area contributed by atoms with Gasteiger partial charge in [0.05, 0.1) is 6.54 Å². The normalized spacial score (nSPS) is 10.5. The Morgan fingerprint density at radius 1 is 1.33 bits per heavy atom. The van der Waals surface area contributed by atoms with Crippen LogP contribution in [0.25, 0.3) is 0 Å². The largest absolute Gasteiger partial charge is 0.384 e. The SMILES string of the molecule is CCCN(CC(=O)N(C)C)c1cc(N)nc(COCC)n1. The van der Waals surface area contributed by atoms with E-state index in [4.69, 9.17) is 10.5 Å². The predicted molar refractivity (Wildman–Crippen MR) is 83.0 cm³/mol. The number of anilines is 2. The highest BCUT2D eigenvalue weighted by molar-refractivity contribution is 5.80. The smallest absolute Gasteiger partial charge is 0.241 e. The van der Waals surface area contributed by atoms with Gasteiger partial charge in [0.25, 0.3) is 0 Å². The number of rotatable bonds is 8. The number of nitrogens with two attached hydrogens (primary N) is 1. The number of nitrogens with zero attached hydrogens (tertiary/aromatic N) is 4. The van der Waals surface area contributed by atoms with Crippen LogP contribution in [0, 0.1) is 0 Å². The molecule has 0 bridgehead atoms. The first-order valence-corrected chi connectivity index (χ1v) is 7.14. The van der Waals surface area contributed by atoms with E-state index in [1.165, 1.54) is 0 Å². The highest BCUT2D eigenvalue weighted by Gasteiger charge is 2.15. The topological polar surface area (TPSA) is 84.6 Å².